The summed E-state index contributed by atoms with van der Waals surface area (Å²) in [6.45, 7) is 4.45. The summed E-state index contributed by atoms with van der Waals surface area (Å²) in [6, 6.07) is 7.30. The molecule has 0 radical (unpaired) electrons. The number of ether oxygens (including phenoxy) is 4. The Kier molecular flexibility index (Phi) is 7.67. The second-order valence-electron chi connectivity index (χ2n) is 6.99. The molecule has 1 aliphatic rings. The molecule has 2 aromatic rings. The number of benzene rings is 2. The Morgan fingerprint density at radius 3 is 2.45 bits per heavy atom. The number of anilines is 2. The Morgan fingerprint density at radius 2 is 1.85 bits per heavy atom. The number of nitrogens with one attached hydrogen (secondary N) is 1. The lowest BCUT2D eigenvalue weighted by Gasteiger charge is -2.29. The fourth-order valence-corrected chi connectivity index (χ4v) is 3.44. The van der Waals surface area contributed by atoms with E-state index in [9.17, 15) is 19.7 Å². The Labute approximate surface area is 190 Å². The van der Waals surface area contributed by atoms with Gasteiger partial charge in [0.2, 0.25) is 0 Å². The standard InChI is InChI=1S/C22H25N3O8/c1-4-33-20-12-16(18(25(28)29)13-19(20)30-2)21(26)23-17-6-5-14(11-15(17)22(27)31-3)24-7-9-32-10-8-24/h5-6,11-13H,4,7-10H2,1-3H3,(H,23,26). The zero-order valence-corrected chi connectivity index (χ0v) is 18.6. The monoisotopic (exact) mass is 459 g/mol. The molecule has 1 aliphatic heterocycles. The Balaban J connectivity index is 1.98. The molecule has 1 fully saturated rings. The molecular weight excluding hydrogens is 434 g/mol. The van der Waals surface area contributed by atoms with Gasteiger partial charge in [0.15, 0.2) is 11.5 Å². The van der Waals surface area contributed by atoms with Crippen molar-refractivity contribution in [3.05, 3.63) is 51.6 Å². The highest BCUT2D eigenvalue weighted by Crippen LogP contribution is 2.35. The summed E-state index contributed by atoms with van der Waals surface area (Å²) in [5.41, 5.74) is 0.350. The molecule has 33 heavy (non-hydrogen) atoms. The quantitative estimate of drug-likeness (QED) is 0.360. The molecule has 1 N–H and O–H groups in total. The summed E-state index contributed by atoms with van der Waals surface area (Å²) < 4.78 is 20.8. The average Bonchev–Trinajstić information content (AvgIpc) is 2.84. The first-order valence-electron chi connectivity index (χ1n) is 10.2. The van der Waals surface area contributed by atoms with Crippen LogP contribution in [-0.2, 0) is 9.47 Å². The van der Waals surface area contributed by atoms with Gasteiger partial charge in [-0.25, -0.2) is 4.79 Å². The minimum absolute atomic E-state index is 0.121. The van der Waals surface area contributed by atoms with Crippen LogP contribution in [0, 0.1) is 10.1 Å². The maximum absolute atomic E-state index is 13.1. The lowest BCUT2D eigenvalue weighted by atomic mass is 10.1. The van der Waals surface area contributed by atoms with Crippen molar-refractivity contribution in [2.24, 2.45) is 0 Å². The van der Waals surface area contributed by atoms with Crippen LogP contribution in [0.25, 0.3) is 0 Å². The maximum atomic E-state index is 13.1. The lowest BCUT2D eigenvalue weighted by molar-refractivity contribution is -0.385. The van der Waals surface area contributed by atoms with Crippen molar-refractivity contribution in [2.45, 2.75) is 6.92 Å². The normalized spacial score (nSPS) is 13.2. The minimum atomic E-state index is -0.783. The number of nitro groups is 1. The van der Waals surface area contributed by atoms with Crippen LogP contribution in [0.1, 0.15) is 27.6 Å². The summed E-state index contributed by atoms with van der Waals surface area (Å²) in [4.78, 5) is 38.4. The summed E-state index contributed by atoms with van der Waals surface area (Å²) in [5.74, 6) is -1.12. The van der Waals surface area contributed by atoms with E-state index < -0.39 is 22.5 Å². The molecule has 0 atom stereocenters. The van der Waals surface area contributed by atoms with E-state index in [1.54, 1.807) is 25.1 Å². The summed E-state index contributed by atoms with van der Waals surface area (Å²) >= 11 is 0. The third kappa shape index (κ3) is 5.32. The fraction of sp³-hybridized carbons (Fsp3) is 0.364. The molecule has 0 spiro atoms. The van der Waals surface area contributed by atoms with E-state index in [1.807, 2.05) is 4.90 Å². The molecule has 0 saturated carbocycles. The first kappa shape index (κ1) is 23.8. The van der Waals surface area contributed by atoms with E-state index in [-0.39, 0.29) is 34.9 Å². The smallest absolute Gasteiger partial charge is 0.340 e. The number of methoxy groups -OCH3 is 2. The van der Waals surface area contributed by atoms with Crippen LogP contribution in [0.2, 0.25) is 0 Å². The molecule has 2 aromatic carbocycles. The fourth-order valence-electron chi connectivity index (χ4n) is 3.44. The third-order valence-electron chi connectivity index (χ3n) is 5.06. The number of morpholine rings is 1. The number of carbonyl (C=O) groups is 2. The molecule has 1 amide bonds. The first-order valence-corrected chi connectivity index (χ1v) is 10.2. The van der Waals surface area contributed by atoms with Gasteiger partial charge in [0.25, 0.3) is 11.6 Å². The van der Waals surface area contributed by atoms with E-state index in [1.165, 1.54) is 20.3 Å². The lowest BCUT2D eigenvalue weighted by Crippen LogP contribution is -2.36. The van der Waals surface area contributed by atoms with E-state index in [0.717, 1.165) is 11.8 Å². The number of hydrogen-bond acceptors (Lipinski definition) is 9. The van der Waals surface area contributed by atoms with E-state index in [0.29, 0.717) is 26.3 Å². The van der Waals surface area contributed by atoms with E-state index in [2.05, 4.69) is 5.32 Å². The summed E-state index contributed by atoms with van der Waals surface area (Å²) in [5, 5.41) is 14.2. The molecule has 11 heteroatoms. The van der Waals surface area contributed by atoms with Crippen LogP contribution in [0.15, 0.2) is 30.3 Å². The van der Waals surface area contributed by atoms with Gasteiger partial charge in [-0.1, -0.05) is 0 Å². The van der Waals surface area contributed by atoms with Crippen LogP contribution in [-0.4, -0.2) is 63.9 Å². The Bertz CT molecular complexity index is 1050. The number of hydrogen-bond donors (Lipinski definition) is 1. The Morgan fingerprint density at radius 1 is 1.12 bits per heavy atom. The molecule has 1 heterocycles. The summed E-state index contributed by atoms with van der Waals surface area (Å²) in [6.07, 6.45) is 0. The first-order chi connectivity index (χ1) is 15.9. The molecule has 3 rings (SSSR count). The van der Waals surface area contributed by atoms with Crippen LogP contribution in [0.5, 0.6) is 11.5 Å². The predicted octanol–water partition coefficient (Wildman–Crippen LogP) is 2.88. The second kappa shape index (κ2) is 10.6. The SMILES string of the molecule is CCOc1cc(C(=O)Nc2ccc(N3CCOCC3)cc2C(=O)OC)c([N+](=O)[O-])cc1OC. The van der Waals surface area contributed by atoms with Gasteiger partial charge in [-0.05, 0) is 25.1 Å². The van der Waals surface area contributed by atoms with Crippen LogP contribution >= 0.6 is 0 Å². The van der Waals surface area contributed by atoms with Gasteiger partial charge in [-0.3, -0.25) is 14.9 Å². The van der Waals surface area contributed by atoms with Crippen molar-refractivity contribution in [3.8, 4) is 11.5 Å². The molecule has 1 saturated heterocycles. The van der Waals surface area contributed by atoms with Gasteiger partial charge < -0.3 is 29.2 Å². The highest BCUT2D eigenvalue weighted by atomic mass is 16.6. The number of carbonyl (C=O) groups excluding carboxylic acids is 2. The van der Waals surface area contributed by atoms with E-state index >= 15 is 0 Å². The number of nitro benzene ring substituents is 1. The zero-order valence-electron chi connectivity index (χ0n) is 18.6. The van der Waals surface area contributed by atoms with Crippen molar-refractivity contribution in [1.29, 1.82) is 0 Å². The van der Waals surface area contributed by atoms with Gasteiger partial charge in [0.1, 0.15) is 5.56 Å². The summed E-state index contributed by atoms with van der Waals surface area (Å²) in [7, 11) is 2.58. The van der Waals surface area contributed by atoms with Gasteiger partial charge in [0.05, 0.1) is 56.3 Å². The molecule has 0 aromatic heterocycles. The molecule has 0 unspecified atom stereocenters. The minimum Gasteiger partial charge on any atom is -0.493 e. The van der Waals surface area contributed by atoms with Gasteiger partial charge in [0, 0.05) is 24.8 Å². The predicted molar refractivity (Wildman–Crippen MR) is 120 cm³/mol. The van der Waals surface area contributed by atoms with Crippen molar-refractivity contribution in [3.63, 3.8) is 0 Å². The molecule has 11 nitrogen and oxygen atoms in total. The van der Waals surface area contributed by atoms with Crippen LogP contribution in [0.4, 0.5) is 17.1 Å². The number of amides is 1. The third-order valence-corrected chi connectivity index (χ3v) is 5.06. The van der Waals surface area contributed by atoms with Gasteiger partial charge >= 0.3 is 5.97 Å². The second-order valence-corrected chi connectivity index (χ2v) is 6.99. The van der Waals surface area contributed by atoms with Gasteiger partial charge in [-0.2, -0.15) is 0 Å². The highest BCUT2D eigenvalue weighted by molar-refractivity contribution is 6.10. The van der Waals surface area contributed by atoms with E-state index in [4.69, 9.17) is 18.9 Å². The number of rotatable bonds is 8. The van der Waals surface area contributed by atoms with Crippen LogP contribution in [0.3, 0.4) is 0 Å². The van der Waals surface area contributed by atoms with Crippen molar-refractivity contribution in [1.82, 2.24) is 0 Å². The van der Waals surface area contributed by atoms with Gasteiger partial charge in [-0.15, -0.1) is 0 Å². The average molecular weight is 459 g/mol. The topological polar surface area (TPSA) is 129 Å². The molecule has 176 valence electrons. The number of esters is 1. The highest BCUT2D eigenvalue weighted by Gasteiger charge is 2.26. The Hall–Kier alpha value is -3.86. The molecule has 0 bridgehead atoms. The van der Waals surface area contributed by atoms with Crippen LogP contribution < -0.4 is 19.7 Å². The molecular formula is C22H25N3O8. The number of nitrogens with zero attached hydrogens (tertiary/aromatic N) is 2. The largest absolute Gasteiger partial charge is 0.493 e. The molecule has 0 aliphatic carbocycles. The zero-order chi connectivity index (χ0) is 24.0. The van der Waals surface area contributed by atoms with Crippen molar-refractivity contribution < 1.29 is 33.5 Å². The van der Waals surface area contributed by atoms with Crippen molar-refractivity contribution >= 4 is 28.9 Å². The maximum Gasteiger partial charge on any atom is 0.340 e. The van der Waals surface area contributed by atoms with Crippen molar-refractivity contribution in [2.75, 3.05) is 57.3 Å².